The monoisotopic (exact) mass is 248 g/mol. The number of hydrogen-bond donors (Lipinski definition) is 1. The Morgan fingerprint density at radius 1 is 1.33 bits per heavy atom. The summed E-state index contributed by atoms with van der Waals surface area (Å²) in [6.07, 6.45) is 4.59. The Hall–Kier alpha value is -1.06. The van der Waals surface area contributed by atoms with E-state index >= 15 is 0 Å². The Bertz CT molecular complexity index is 433. The maximum Gasteiger partial charge on any atom is 0.128 e. The van der Waals surface area contributed by atoms with E-state index in [-0.39, 0.29) is 0 Å². The molecule has 1 heterocycles. The molecule has 3 heteroatoms. The van der Waals surface area contributed by atoms with Crippen molar-refractivity contribution in [3.8, 4) is 5.75 Å². The molecule has 0 radical (unpaired) electrons. The number of hydrogen-bond acceptors (Lipinski definition) is 3. The molecule has 0 atom stereocenters. The van der Waals surface area contributed by atoms with E-state index in [0.717, 1.165) is 50.0 Å². The fraction of sp³-hybridized carbons (Fsp3) is 0.600. The summed E-state index contributed by atoms with van der Waals surface area (Å²) in [5.41, 5.74) is 1.48. The van der Waals surface area contributed by atoms with Gasteiger partial charge in [0.25, 0.3) is 0 Å². The lowest BCUT2D eigenvalue weighted by molar-refractivity contribution is -0.0485. The third kappa shape index (κ3) is 1.91. The van der Waals surface area contributed by atoms with Crippen LogP contribution in [0.2, 0.25) is 0 Å². The molecule has 3 rings (SSSR count). The molecule has 1 aliphatic carbocycles. The summed E-state index contributed by atoms with van der Waals surface area (Å²) in [6.45, 7) is 0.739. The van der Waals surface area contributed by atoms with Crippen LogP contribution in [-0.4, -0.2) is 24.9 Å². The van der Waals surface area contributed by atoms with E-state index in [1.165, 1.54) is 5.56 Å². The Morgan fingerprint density at radius 2 is 2.11 bits per heavy atom. The van der Waals surface area contributed by atoms with Gasteiger partial charge < -0.3 is 14.6 Å². The lowest BCUT2D eigenvalue weighted by Crippen LogP contribution is -2.34. The maximum atomic E-state index is 10.9. The molecule has 18 heavy (non-hydrogen) atoms. The van der Waals surface area contributed by atoms with Gasteiger partial charge in [-0.2, -0.15) is 0 Å². The molecule has 0 saturated heterocycles. The van der Waals surface area contributed by atoms with Gasteiger partial charge in [-0.05, 0) is 31.2 Å². The van der Waals surface area contributed by atoms with Crippen molar-refractivity contribution >= 4 is 0 Å². The van der Waals surface area contributed by atoms with Gasteiger partial charge in [0.1, 0.15) is 5.75 Å². The molecule has 0 amide bonds. The zero-order chi connectivity index (χ0) is 12.6. The predicted octanol–water partition coefficient (Wildman–Crippen LogP) is 2.40. The van der Waals surface area contributed by atoms with E-state index in [1.54, 1.807) is 7.11 Å². The van der Waals surface area contributed by atoms with Crippen molar-refractivity contribution < 1.29 is 14.6 Å². The zero-order valence-electron chi connectivity index (χ0n) is 10.8. The molecule has 1 saturated carbocycles. The average Bonchev–Trinajstić information content (AvgIpc) is 2.87. The first-order valence-electron chi connectivity index (χ1n) is 6.73. The highest BCUT2D eigenvalue weighted by Crippen LogP contribution is 2.44. The van der Waals surface area contributed by atoms with Gasteiger partial charge >= 0.3 is 0 Å². The van der Waals surface area contributed by atoms with Crippen molar-refractivity contribution in [2.24, 2.45) is 0 Å². The average molecular weight is 248 g/mol. The largest absolute Gasteiger partial charge is 0.493 e. The summed E-state index contributed by atoms with van der Waals surface area (Å²) in [4.78, 5) is 0. The third-order valence-corrected chi connectivity index (χ3v) is 4.31. The molecule has 1 aromatic rings. The normalized spacial score (nSPS) is 30.9. The minimum Gasteiger partial charge on any atom is -0.493 e. The van der Waals surface area contributed by atoms with Gasteiger partial charge in [0.05, 0.1) is 18.3 Å². The minimum atomic E-state index is -0.731. The highest BCUT2D eigenvalue weighted by atomic mass is 16.5. The number of fused-ring (bicyclic) bond motifs is 1. The van der Waals surface area contributed by atoms with Crippen molar-refractivity contribution in [1.82, 2.24) is 0 Å². The van der Waals surface area contributed by atoms with Crippen LogP contribution in [0.25, 0.3) is 0 Å². The number of rotatable bonds is 2. The lowest BCUT2D eigenvalue weighted by Gasteiger charge is -2.36. The van der Waals surface area contributed by atoms with Crippen LogP contribution in [0.5, 0.6) is 5.75 Å². The summed E-state index contributed by atoms with van der Waals surface area (Å²) in [5, 5.41) is 10.9. The number of ether oxygens (including phenoxy) is 2. The van der Waals surface area contributed by atoms with Crippen LogP contribution in [-0.2, 0) is 16.8 Å². The van der Waals surface area contributed by atoms with Crippen LogP contribution >= 0.6 is 0 Å². The number of para-hydroxylation sites is 1. The molecule has 2 aliphatic rings. The maximum absolute atomic E-state index is 10.9. The first-order chi connectivity index (χ1) is 8.73. The highest BCUT2D eigenvalue weighted by Gasteiger charge is 2.38. The van der Waals surface area contributed by atoms with E-state index in [0.29, 0.717) is 6.10 Å². The SMILES string of the molecule is COC1CCC(O)(c2cccc3c2OCC3)CC1. The topological polar surface area (TPSA) is 38.7 Å². The Morgan fingerprint density at radius 3 is 2.83 bits per heavy atom. The van der Waals surface area contributed by atoms with Crippen molar-refractivity contribution in [3.05, 3.63) is 29.3 Å². The standard InChI is InChI=1S/C15H20O3/c1-17-12-5-8-15(16,9-6-12)13-4-2-3-11-7-10-18-14(11)13/h2-4,12,16H,5-10H2,1H3. The fourth-order valence-electron chi connectivity index (χ4n) is 3.16. The van der Waals surface area contributed by atoms with Crippen LogP contribution in [0, 0.1) is 0 Å². The molecule has 0 unspecified atom stereocenters. The van der Waals surface area contributed by atoms with E-state index < -0.39 is 5.60 Å². The second-order valence-electron chi connectivity index (χ2n) is 5.36. The van der Waals surface area contributed by atoms with Crippen LogP contribution in [0.3, 0.4) is 0 Å². The molecule has 1 N–H and O–H groups in total. The molecule has 0 bridgehead atoms. The second kappa shape index (κ2) is 4.56. The van der Waals surface area contributed by atoms with E-state index in [4.69, 9.17) is 9.47 Å². The van der Waals surface area contributed by atoms with Crippen molar-refractivity contribution in [3.63, 3.8) is 0 Å². The molecule has 0 spiro atoms. The molecule has 1 fully saturated rings. The minimum absolute atomic E-state index is 0.294. The summed E-state index contributed by atoms with van der Waals surface area (Å²) < 4.78 is 11.1. The van der Waals surface area contributed by atoms with Crippen LogP contribution in [0.1, 0.15) is 36.8 Å². The van der Waals surface area contributed by atoms with Gasteiger partial charge in [0, 0.05) is 19.1 Å². The van der Waals surface area contributed by atoms with Gasteiger partial charge in [-0.15, -0.1) is 0 Å². The third-order valence-electron chi connectivity index (χ3n) is 4.31. The number of aliphatic hydroxyl groups is 1. The van der Waals surface area contributed by atoms with E-state index in [2.05, 4.69) is 6.07 Å². The summed E-state index contributed by atoms with van der Waals surface area (Å²) in [7, 11) is 1.75. The number of benzene rings is 1. The first-order valence-corrected chi connectivity index (χ1v) is 6.73. The first kappa shape index (κ1) is 12.0. The van der Waals surface area contributed by atoms with Crippen LogP contribution in [0.4, 0.5) is 0 Å². The van der Waals surface area contributed by atoms with Gasteiger partial charge in [-0.3, -0.25) is 0 Å². The van der Waals surface area contributed by atoms with Crippen molar-refractivity contribution in [1.29, 1.82) is 0 Å². The molecule has 1 aliphatic heterocycles. The zero-order valence-corrected chi connectivity index (χ0v) is 10.8. The molecule has 3 nitrogen and oxygen atoms in total. The van der Waals surface area contributed by atoms with Gasteiger partial charge in [0.2, 0.25) is 0 Å². The molecule has 0 aromatic heterocycles. The highest BCUT2D eigenvalue weighted by molar-refractivity contribution is 5.47. The summed E-state index contributed by atoms with van der Waals surface area (Å²) >= 11 is 0. The van der Waals surface area contributed by atoms with Gasteiger partial charge in [-0.1, -0.05) is 18.2 Å². The quantitative estimate of drug-likeness (QED) is 0.873. The number of methoxy groups -OCH3 is 1. The molecule has 1 aromatic carbocycles. The second-order valence-corrected chi connectivity index (χ2v) is 5.36. The summed E-state index contributed by atoms with van der Waals surface area (Å²) in [5.74, 6) is 0.927. The van der Waals surface area contributed by atoms with Gasteiger partial charge in [-0.25, -0.2) is 0 Å². The lowest BCUT2D eigenvalue weighted by atomic mass is 9.77. The Balaban J connectivity index is 1.89. The van der Waals surface area contributed by atoms with Gasteiger partial charge in [0.15, 0.2) is 0 Å². The van der Waals surface area contributed by atoms with Crippen molar-refractivity contribution in [2.45, 2.75) is 43.8 Å². The molecule has 98 valence electrons. The molecular weight excluding hydrogens is 228 g/mol. The smallest absolute Gasteiger partial charge is 0.128 e. The van der Waals surface area contributed by atoms with E-state index in [1.807, 2.05) is 12.1 Å². The summed E-state index contributed by atoms with van der Waals surface area (Å²) in [6, 6.07) is 6.14. The fourth-order valence-corrected chi connectivity index (χ4v) is 3.16. The van der Waals surface area contributed by atoms with Crippen molar-refractivity contribution in [2.75, 3.05) is 13.7 Å². The predicted molar refractivity (Wildman–Crippen MR) is 68.8 cm³/mol. The molecular formula is C15H20O3. The Labute approximate surface area is 108 Å². The van der Waals surface area contributed by atoms with Crippen LogP contribution < -0.4 is 4.74 Å². The Kier molecular flexibility index (Phi) is 3.04. The van der Waals surface area contributed by atoms with E-state index in [9.17, 15) is 5.11 Å². The van der Waals surface area contributed by atoms with Crippen LogP contribution in [0.15, 0.2) is 18.2 Å².